The van der Waals surface area contributed by atoms with Gasteiger partial charge in [-0.1, -0.05) is 15.9 Å². The number of likely N-dealkylation sites (tertiary alicyclic amines) is 1. The minimum absolute atomic E-state index is 0.133. The zero-order valence-electron chi connectivity index (χ0n) is 14.6. The molecule has 0 aromatic heterocycles. The number of hydrogen-bond acceptors (Lipinski definition) is 4. The first kappa shape index (κ1) is 17.7. The molecule has 0 radical (unpaired) electrons. The standard InChI is InChI=1S/C19H22BrN3O3/c20-13-3-4-14-15(10-13)18(26)23(17(14)25)8-1-2-16(24)22-9-6-19(12-22)5-7-21-11-19/h3-4,10,21H,1-2,5-9,11-12H2. The highest BCUT2D eigenvalue weighted by atomic mass is 79.9. The molecule has 0 aliphatic carbocycles. The predicted molar refractivity (Wildman–Crippen MR) is 99.9 cm³/mol. The lowest BCUT2D eigenvalue weighted by atomic mass is 9.86. The second-order valence-electron chi connectivity index (χ2n) is 7.55. The van der Waals surface area contributed by atoms with E-state index in [1.54, 1.807) is 18.2 Å². The summed E-state index contributed by atoms with van der Waals surface area (Å²) in [6.45, 7) is 3.98. The summed E-state index contributed by atoms with van der Waals surface area (Å²) in [6, 6.07) is 5.11. The van der Waals surface area contributed by atoms with Crippen LogP contribution in [0.25, 0.3) is 0 Å². The number of imide groups is 1. The van der Waals surface area contributed by atoms with Gasteiger partial charge in [-0.25, -0.2) is 0 Å². The van der Waals surface area contributed by atoms with Crippen molar-refractivity contribution in [2.75, 3.05) is 32.7 Å². The highest BCUT2D eigenvalue weighted by Gasteiger charge is 2.41. The summed E-state index contributed by atoms with van der Waals surface area (Å²) in [5.74, 6) is -0.397. The third-order valence-electron chi connectivity index (χ3n) is 5.83. The normalized spacial score (nSPS) is 24.8. The number of carbonyl (C=O) groups is 3. The Bertz CT molecular complexity index is 773. The number of carbonyl (C=O) groups excluding carboxylic acids is 3. The number of fused-ring (bicyclic) bond motifs is 1. The lowest BCUT2D eigenvalue weighted by Gasteiger charge is -2.23. The van der Waals surface area contributed by atoms with Gasteiger partial charge in [0, 0.05) is 42.5 Å². The smallest absolute Gasteiger partial charge is 0.261 e. The van der Waals surface area contributed by atoms with Crippen molar-refractivity contribution in [3.8, 4) is 0 Å². The van der Waals surface area contributed by atoms with E-state index >= 15 is 0 Å². The first-order valence-electron chi connectivity index (χ1n) is 9.13. The van der Waals surface area contributed by atoms with Gasteiger partial charge >= 0.3 is 0 Å². The molecule has 1 aromatic carbocycles. The summed E-state index contributed by atoms with van der Waals surface area (Å²) in [5, 5.41) is 3.39. The predicted octanol–water partition coefficient (Wildman–Crippen LogP) is 2.04. The summed E-state index contributed by atoms with van der Waals surface area (Å²) in [5.41, 5.74) is 1.15. The Morgan fingerprint density at radius 3 is 2.77 bits per heavy atom. The van der Waals surface area contributed by atoms with Crippen molar-refractivity contribution in [3.05, 3.63) is 33.8 Å². The van der Waals surface area contributed by atoms with Crippen LogP contribution in [0, 0.1) is 5.41 Å². The van der Waals surface area contributed by atoms with E-state index in [-0.39, 0.29) is 29.7 Å². The van der Waals surface area contributed by atoms with Crippen LogP contribution < -0.4 is 5.32 Å². The van der Waals surface area contributed by atoms with E-state index in [9.17, 15) is 14.4 Å². The Balaban J connectivity index is 1.31. The molecular weight excluding hydrogens is 398 g/mol. The van der Waals surface area contributed by atoms with Gasteiger partial charge in [0.1, 0.15) is 0 Å². The monoisotopic (exact) mass is 419 g/mol. The lowest BCUT2D eigenvalue weighted by Crippen LogP contribution is -2.34. The summed E-state index contributed by atoms with van der Waals surface area (Å²) < 4.78 is 0.777. The Hall–Kier alpha value is -1.73. The Morgan fingerprint density at radius 2 is 2.00 bits per heavy atom. The van der Waals surface area contributed by atoms with E-state index in [1.807, 2.05) is 4.90 Å². The molecule has 3 aliphatic rings. The molecule has 2 saturated heterocycles. The zero-order valence-corrected chi connectivity index (χ0v) is 16.2. The minimum Gasteiger partial charge on any atom is -0.342 e. The molecule has 4 rings (SSSR count). The number of benzene rings is 1. The molecule has 26 heavy (non-hydrogen) atoms. The summed E-state index contributed by atoms with van der Waals surface area (Å²) in [6.07, 6.45) is 3.09. The van der Waals surface area contributed by atoms with E-state index in [2.05, 4.69) is 21.2 Å². The molecule has 3 amide bonds. The number of hydrogen-bond donors (Lipinski definition) is 1. The van der Waals surface area contributed by atoms with Crippen LogP contribution in [0.15, 0.2) is 22.7 Å². The molecule has 1 atom stereocenters. The van der Waals surface area contributed by atoms with Gasteiger partial charge in [-0.15, -0.1) is 0 Å². The lowest BCUT2D eigenvalue weighted by molar-refractivity contribution is -0.130. The average Bonchev–Trinajstić information content (AvgIpc) is 3.32. The fraction of sp³-hybridized carbons (Fsp3) is 0.526. The van der Waals surface area contributed by atoms with Crippen molar-refractivity contribution in [3.63, 3.8) is 0 Å². The molecule has 3 heterocycles. The minimum atomic E-state index is -0.268. The summed E-state index contributed by atoms with van der Waals surface area (Å²) in [7, 11) is 0. The Labute approximate surface area is 161 Å². The van der Waals surface area contributed by atoms with Crippen LogP contribution in [-0.2, 0) is 4.79 Å². The van der Waals surface area contributed by atoms with Crippen molar-refractivity contribution >= 4 is 33.7 Å². The molecule has 0 saturated carbocycles. The Kier molecular flexibility index (Phi) is 4.61. The van der Waals surface area contributed by atoms with Gasteiger partial charge in [-0.05, 0) is 44.0 Å². The maximum absolute atomic E-state index is 12.5. The van der Waals surface area contributed by atoms with Crippen LogP contribution in [0.1, 0.15) is 46.4 Å². The Morgan fingerprint density at radius 1 is 1.19 bits per heavy atom. The molecule has 1 spiro atoms. The van der Waals surface area contributed by atoms with Crippen molar-refractivity contribution in [2.24, 2.45) is 5.41 Å². The fourth-order valence-corrected chi connectivity index (χ4v) is 4.67. The van der Waals surface area contributed by atoms with E-state index in [0.29, 0.717) is 24.0 Å². The van der Waals surface area contributed by atoms with Crippen LogP contribution in [0.3, 0.4) is 0 Å². The second-order valence-corrected chi connectivity index (χ2v) is 8.46. The van der Waals surface area contributed by atoms with Crippen LogP contribution in [0.2, 0.25) is 0 Å². The largest absolute Gasteiger partial charge is 0.342 e. The molecule has 1 N–H and O–H groups in total. The van der Waals surface area contributed by atoms with Crippen molar-refractivity contribution in [1.82, 2.24) is 15.1 Å². The molecule has 6 nitrogen and oxygen atoms in total. The molecule has 1 unspecified atom stereocenters. The van der Waals surface area contributed by atoms with Crippen LogP contribution in [-0.4, -0.2) is 60.2 Å². The third kappa shape index (κ3) is 3.07. The zero-order chi connectivity index (χ0) is 18.3. The van der Waals surface area contributed by atoms with Crippen LogP contribution in [0.4, 0.5) is 0 Å². The van der Waals surface area contributed by atoms with Gasteiger partial charge in [-0.2, -0.15) is 0 Å². The highest BCUT2D eigenvalue weighted by Crippen LogP contribution is 2.36. The third-order valence-corrected chi connectivity index (χ3v) is 6.32. The quantitative estimate of drug-likeness (QED) is 0.758. The fourth-order valence-electron chi connectivity index (χ4n) is 4.30. The molecule has 138 valence electrons. The first-order valence-corrected chi connectivity index (χ1v) is 9.93. The van der Waals surface area contributed by atoms with Crippen LogP contribution in [0.5, 0.6) is 0 Å². The van der Waals surface area contributed by atoms with Crippen molar-refractivity contribution in [1.29, 1.82) is 0 Å². The highest BCUT2D eigenvalue weighted by molar-refractivity contribution is 9.10. The summed E-state index contributed by atoms with van der Waals surface area (Å²) >= 11 is 3.33. The van der Waals surface area contributed by atoms with Gasteiger partial charge in [-0.3, -0.25) is 19.3 Å². The number of rotatable bonds is 4. The van der Waals surface area contributed by atoms with Gasteiger partial charge in [0.25, 0.3) is 11.8 Å². The van der Waals surface area contributed by atoms with Crippen LogP contribution >= 0.6 is 15.9 Å². The van der Waals surface area contributed by atoms with E-state index < -0.39 is 0 Å². The SMILES string of the molecule is O=C(CCCN1C(=O)c2ccc(Br)cc2C1=O)N1CCC2(CCNC2)C1. The van der Waals surface area contributed by atoms with Crippen molar-refractivity contribution < 1.29 is 14.4 Å². The topological polar surface area (TPSA) is 69.7 Å². The molecule has 2 fully saturated rings. The molecule has 0 bridgehead atoms. The number of nitrogens with one attached hydrogen (secondary N) is 1. The number of nitrogens with zero attached hydrogens (tertiary/aromatic N) is 2. The number of amides is 3. The average molecular weight is 420 g/mol. The molecule has 1 aromatic rings. The first-order chi connectivity index (χ1) is 12.5. The molecule has 3 aliphatic heterocycles. The molecule has 7 heteroatoms. The number of halogens is 1. The second kappa shape index (κ2) is 6.78. The van der Waals surface area contributed by atoms with Gasteiger partial charge in [0.2, 0.25) is 5.91 Å². The maximum atomic E-state index is 12.5. The van der Waals surface area contributed by atoms with Crippen molar-refractivity contribution in [2.45, 2.75) is 25.7 Å². The van der Waals surface area contributed by atoms with E-state index in [1.165, 1.54) is 4.90 Å². The maximum Gasteiger partial charge on any atom is 0.261 e. The molecular formula is C19H22BrN3O3. The van der Waals surface area contributed by atoms with Gasteiger partial charge < -0.3 is 10.2 Å². The van der Waals surface area contributed by atoms with Gasteiger partial charge in [0.05, 0.1) is 11.1 Å². The summed E-state index contributed by atoms with van der Waals surface area (Å²) in [4.78, 5) is 40.6. The van der Waals surface area contributed by atoms with E-state index in [0.717, 1.165) is 43.5 Å². The van der Waals surface area contributed by atoms with E-state index in [4.69, 9.17) is 0 Å². The van der Waals surface area contributed by atoms with Gasteiger partial charge in [0.15, 0.2) is 0 Å².